The van der Waals surface area contributed by atoms with Crippen LogP contribution < -0.4 is 19.5 Å². The Hall–Kier alpha value is -2.98. The predicted octanol–water partition coefficient (Wildman–Crippen LogP) is 4.74. The zero-order chi connectivity index (χ0) is 19.2. The first kappa shape index (κ1) is 18.4. The molecule has 0 bridgehead atoms. The predicted molar refractivity (Wildman–Crippen MR) is 110 cm³/mol. The van der Waals surface area contributed by atoms with Crippen molar-refractivity contribution in [2.75, 3.05) is 20.4 Å². The summed E-state index contributed by atoms with van der Waals surface area (Å²) in [6.07, 6.45) is 1.000. The maximum absolute atomic E-state index is 5.58. The average Bonchev–Trinajstić information content (AvgIpc) is 3.23. The molecule has 0 saturated heterocycles. The molecule has 0 aromatic heterocycles. The van der Waals surface area contributed by atoms with E-state index >= 15 is 0 Å². The third-order valence-corrected chi connectivity index (χ3v) is 5.10. The van der Waals surface area contributed by atoms with Gasteiger partial charge in [-0.2, -0.15) is 0 Å². The first-order valence-electron chi connectivity index (χ1n) is 9.61. The molecule has 0 radical (unpaired) electrons. The van der Waals surface area contributed by atoms with Crippen LogP contribution in [0.1, 0.15) is 29.0 Å². The molecule has 0 fully saturated rings. The Kier molecular flexibility index (Phi) is 5.78. The first-order valence-corrected chi connectivity index (χ1v) is 9.61. The van der Waals surface area contributed by atoms with Crippen molar-refractivity contribution in [2.45, 2.75) is 18.9 Å². The van der Waals surface area contributed by atoms with Crippen LogP contribution in [-0.4, -0.2) is 20.4 Å². The second-order valence-corrected chi connectivity index (χ2v) is 6.89. The van der Waals surface area contributed by atoms with Crippen LogP contribution in [0.5, 0.6) is 17.2 Å². The lowest BCUT2D eigenvalue weighted by molar-refractivity contribution is 0.174. The standard InChI is InChI=1S/C24H25NO3/c1-26-21-10-7-18(8-11-21)16-25-14-13-22(19-5-3-2-4-6-19)20-9-12-23-24(15-20)28-17-27-23/h2-12,15,22,25H,13-14,16-17H2,1H3/t22-/m1/s1. The van der Waals surface area contributed by atoms with Gasteiger partial charge >= 0.3 is 0 Å². The molecule has 1 heterocycles. The molecule has 1 aliphatic rings. The summed E-state index contributed by atoms with van der Waals surface area (Å²) in [6.45, 7) is 2.06. The Balaban J connectivity index is 1.42. The number of hydrogen-bond acceptors (Lipinski definition) is 4. The van der Waals surface area contributed by atoms with E-state index in [9.17, 15) is 0 Å². The highest BCUT2D eigenvalue weighted by Crippen LogP contribution is 2.37. The Morgan fingerprint density at radius 2 is 1.68 bits per heavy atom. The van der Waals surface area contributed by atoms with Crippen molar-refractivity contribution in [1.29, 1.82) is 0 Å². The number of benzene rings is 3. The normalized spacial score (nSPS) is 13.3. The van der Waals surface area contributed by atoms with Gasteiger partial charge in [-0.3, -0.25) is 0 Å². The minimum absolute atomic E-state index is 0.304. The van der Waals surface area contributed by atoms with Gasteiger partial charge in [-0.15, -0.1) is 0 Å². The van der Waals surface area contributed by atoms with Gasteiger partial charge in [-0.25, -0.2) is 0 Å². The zero-order valence-electron chi connectivity index (χ0n) is 16.1. The largest absolute Gasteiger partial charge is 0.497 e. The van der Waals surface area contributed by atoms with Gasteiger partial charge in [0.15, 0.2) is 11.5 Å². The van der Waals surface area contributed by atoms with E-state index in [-0.39, 0.29) is 0 Å². The van der Waals surface area contributed by atoms with E-state index in [1.807, 2.05) is 18.2 Å². The molecule has 4 rings (SSSR count). The van der Waals surface area contributed by atoms with E-state index in [0.717, 1.165) is 36.8 Å². The number of nitrogens with one attached hydrogen (secondary N) is 1. The Morgan fingerprint density at radius 1 is 0.893 bits per heavy atom. The van der Waals surface area contributed by atoms with Crippen LogP contribution in [0.3, 0.4) is 0 Å². The van der Waals surface area contributed by atoms with Crippen LogP contribution in [0.2, 0.25) is 0 Å². The summed E-state index contributed by atoms with van der Waals surface area (Å²) in [5.41, 5.74) is 3.81. The van der Waals surface area contributed by atoms with E-state index in [4.69, 9.17) is 14.2 Å². The third kappa shape index (κ3) is 4.29. The molecule has 4 nitrogen and oxygen atoms in total. The molecule has 3 aromatic carbocycles. The minimum Gasteiger partial charge on any atom is -0.497 e. The molecular formula is C24H25NO3. The minimum atomic E-state index is 0.304. The van der Waals surface area contributed by atoms with Gasteiger partial charge in [-0.1, -0.05) is 48.5 Å². The maximum Gasteiger partial charge on any atom is 0.231 e. The van der Waals surface area contributed by atoms with Gasteiger partial charge in [0.1, 0.15) is 5.75 Å². The topological polar surface area (TPSA) is 39.7 Å². The molecular weight excluding hydrogens is 350 g/mol. The quantitative estimate of drug-likeness (QED) is 0.578. The van der Waals surface area contributed by atoms with E-state index < -0.39 is 0 Å². The summed E-state index contributed by atoms with van der Waals surface area (Å²) >= 11 is 0. The van der Waals surface area contributed by atoms with Crippen molar-refractivity contribution < 1.29 is 14.2 Å². The Labute approximate surface area is 166 Å². The van der Waals surface area contributed by atoms with Crippen LogP contribution in [0.25, 0.3) is 0 Å². The SMILES string of the molecule is COc1ccc(CNCC[C@H](c2ccccc2)c2ccc3c(c2)OCO3)cc1. The number of rotatable bonds is 8. The highest BCUT2D eigenvalue weighted by atomic mass is 16.7. The molecule has 0 amide bonds. The Bertz CT molecular complexity index is 893. The molecule has 0 unspecified atom stereocenters. The number of methoxy groups -OCH3 is 1. The molecule has 0 saturated carbocycles. The molecule has 1 N–H and O–H groups in total. The molecule has 144 valence electrons. The van der Waals surface area contributed by atoms with Gasteiger partial charge in [0.05, 0.1) is 7.11 Å². The second-order valence-electron chi connectivity index (χ2n) is 6.89. The lowest BCUT2D eigenvalue weighted by Gasteiger charge is -2.19. The fraction of sp³-hybridized carbons (Fsp3) is 0.250. The molecule has 4 heteroatoms. The number of hydrogen-bond donors (Lipinski definition) is 1. The molecule has 0 aliphatic carbocycles. The van der Waals surface area contributed by atoms with Crippen LogP contribution in [0.15, 0.2) is 72.8 Å². The molecule has 0 spiro atoms. The lowest BCUT2D eigenvalue weighted by Crippen LogP contribution is -2.17. The fourth-order valence-corrected chi connectivity index (χ4v) is 3.56. The van der Waals surface area contributed by atoms with E-state index in [1.165, 1.54) is 16.7 Å². The van der Waals surface area contributed by atoms with Gasteiger partial charge in [0.25, 0.3) is 0 Å². The van der Waals surface area contributed by atoms with Crippen molar-refractivity contribution in [3.63, 3.8) is 0 Å². The van der Waals surface area contributed by atoms with Crippen molar-refractivity contribution in [3.05, 3.63) is 89.5 Å². The zero-order valence-corrected chi connectivity index (χ0v) is 16.1. The van der Waals surface area contributed by atoms with Gasteiger partial charge < -0.3 is 19.5 Å². The van der Waals surface area contributed by atoms with E-state index in [2.05, 4.69) is 59.9 Å². The van der Waals surface area contributed by atoms with E-state index in [0.29, 0.717) is 12.7 Å². The summed E-state index contributed by atoms with van der Waals surface area (Å²) in [5.74, 6) is 2.85. The van der Waals surface area contributed by atoms with Crippen LogP contribution >= 0.6 is 0 Å². The summed E-state index contributed by atoms with van der Waals surface area (Å²) < 4.78 is 16.3. The molecule has 1 aliphatic heterocycles. The molecule has 1 atom stereocenters. The van der Waals surface area contributed by atoms with E-state index in [1.54, 1.807) is 7.11 Å². The van der Waals surface area contributed by atoms with Crippen molar-refractivity contribution in [1.82, 2.24) is 5.32 Å². The Morgan fingerprint density at radius 3 is 2.46 bits per heavy atom. The molecule has 3 aromatic rings. The van der Waals surface area contributed by atoms with Crippen molar-refractivity contribution in [3.8, 4) is 17.2 Å². The summed E-state index contributed by atoms with van der Waals surface area (Å²) in [5, 5.41) is 3.56. The maximum atomic E-state index is 5.58. The number of fused-ring (bicyclic) bond motifs is 1. The van der Waals surface area contributed by atoms with Crippen LogP contribution in [0, 0.1) is 0 Å². The van der Waals surface area contributed by atoms with Crippen LogP contribution in [-0.2, 0) is 6.54 Å². The van der Waals surface area contributed by atoms with Gasteiger partial charge in [0, 0.05) is 12.5 Å². The van der Waals surface area contributed by atoms with Crippen molar-refractivity contribution in [2.24, 2.45) is 0 Å². The highest BCUT2D eigenvalue weighted by molar-refractivity contribution is 5.47. The number of ether oxygens (including phenoxy) is 3. The second kappa shape index (κ2) is 8.81. The van der Waals surface area contributed by atoms with Crippen LogP contribution in [0.4, 0.5) is 0 Å². The lowest BCUT2D eigenvalue weighted by atomic mass is 9.88. The molecule has 28 heavy (non-hydrogen) atoms. The van der Waals surface area contributed by atoms with Crippen molar-refractivity contribution >= 4 is 0 Å². The summed E-state index contributed by atoms with van der Waals surface area (Å²) in [4.78, 5) is 0. The first-order chi connectivity index (χ1) is 13.8. The highest BCUT2D eigenvalue weighted by Gasteiger charge is 2.19. The fourth-order valence-electron chi connectivity index (χ4n) is 3.56. The third-order valence-electron chi connectivity index (χ3n) is 5.10. The van der Waals surface area contributed by atoms with Gasteiger partial charge in [0.2, 0.25) is 6.79 Å². The monoisotopic (exact) mass is 375 g/mol. The average molecular weight is 375 g/mol. The summed E-state index contributed by atoms with van der Waals surface area (Å²) in [6, 6.07) is 25.1. The van der Waals surface area contributed by atoms with Gasteiger partial charge in [-0.05, 0) is 53.9 Å². The smallest absolute Gasteiger partial charge is 0.231 e. The summed E-state index contributed by atoms with van der Waals surface area (Å²) in [7, 11) is 1.69.